The average Bonchev–Trinajstić information content (AvgIpc) is 2.48. The van der Waals surface area contributed by atoms with Gasteiger partial charge in [-0.15, -0.1) is 24.0 Å². The Hall–Kier alpha value is -1.83. The van der Waals surface area contributed by atoms with Crippen LogP contribution in [0.2, 0.25) is 0 Å². The van der Waals surface area contributed by atoms with E-state index in [1.54, 1.807) is 0 Å². The lowest BCUT2D eigenvalue weighted by molar-refractivity contribution is 0.958. The van der Waals surface area contributed by atoms with E-state index in [0.717, 1.165) is 17.2 Å². The first-order valence-corrected chi connectivity index (χ1v) is 6.81. The Balaban J connectivity index is 0.00000242. The molecule has 6 heteroatoms. The normalized spacial score (nSPS) is 10.8. The lowest BCUT2D eigenvalue weighted by atomic mass is 10.2. The van der Waals surface area contributed by atoms with E-state index in [-0.39, 0.29) is 24.0 Å². The van der Waals surface area contributed by atoms with Gasteiger partial charge in [-0.25, -0.2) is 9.98 Å². The predicted molar refractivity (Wildman–Crippen MR) is 104 cm³/mol. The number of aliphatic imine (C=N–C) groups is 1. The van der Waals surface area contributed by atoms with Gasteiger partial charge in [0.05, 0.1) is 12.2 Å². The summed E-state index contributed by atoms with van der Waals surface area (Å²) in [7, 11) is 3.92. The van der Waals surface area contributed by atoms with Gasteiger partial charge in [-0.05, 0) is 31.2 Å². The van der Waals surface area contributed by atoms with Crippen LogP contribution in [0.15, 0.2) is 47.5 Å². The SMILES string of the molecule is Cc1ccc(NC(N)=NCc2cccc(N(C)C)n2)cc1.I. The summed E-state index contributed by atoms with van der Waals surface area (Å²) in [5.74, 6) is 1.30. The van der Waals surface area contributed by atoms with Gasteiger partial charge in [0.2, 0.25) is 0 Å². The molecule has 22 heavy (non-hydrogen) atoms. The van der Waals surface area contributed by atoms with Crippen LogP contribution in [-0.4, -0.2) is 25.0 Å². The summed E-state index contributed by atoms with van der Waals surface area (Å²) in [5, 5.41) is 3.07. The maximum Gasteiger partial charge on any atom is 0.193 e. The van der Waals surface area contributed by atoms with E-state index in [9.17, 15) is 0 Å². The third-order valence-electron chi connectivity index (χ3n) is 2.99. The molecule has 0 saturated heterocycles. The topological polar surface area (TPSA) is 66.5 Å². The van der Waals surface area contributed by atoms with E-state index in [1.165, 1.54) is 5.56 Å². The molecule has 0 saturated carbocycles. The van der Waals surface area contributed by atoms with Crippen LogP contribution in [0.25, 0.3) is 0 Å². The Bertz CT molecular complexity index is 623. The van der Waals surface area contributed by atoms with Crippen LogP contribution in [0, 0.1) is 6.92 Å². The van der Waals surface area contributed by atoms with Crippen molar-refractivity contribution in [2.45, 2.75) is 13.5 Å². The van der Waals surface area contributed by atoms with Crippen molar-refractivity contribution in [3.8, 4) is 0 Å². The number of aromatic nitrogens is 1. The molecule has 0 radical (unpaired) electrons. The second kappa shape index (κ2) is 8.57. The van der Waals surface area contributed by atoms with Gasteiger partial charge in [0.1, 0.15) is 5.82 Å². The standard InChI is InChI=1S/C16H21N5.HI/c1-12-7-9-13(10-8-12)20-16(17)18-11-14-5-4-6-15(19-14)21(2)3;/h4-10H,11H2,1-3H3,(H3,17,18,20);1H. The molecule has 0 fully saturated rings. The molecule has 0 spiro atoms. The molecule has 0 aliphatic heterocycles. The van der Waals surface area contributed by atoms with E-state index >= 15 is 0 Å². The summed E-state index contributed by atoms with van der Waals surface area (Å²) in [6, 6.07) is 13.9. The van der Waals surface area contributed by atoms with Crippen LogP contribution >= 0.6 is 24.0 Å². The first-order chi connectivity index (χ1) is 10.0. The van der Waals surface area contributed by atoms with Crippen LogP contribution in [0.3, 0.4) is 0 Å². The van der Waals surface area contributed by atoms with Gasteiger partial charge in [-0.2, -0.15) is 0 Å². The molecule has 3 N–H and O–H groups in total. The molecular formula is C16H22IN5. The number of nitrogens with zero attached hydrogens (tertiary/aromatic N) is 3. The number of hydrogen-bond donors (Lipinski definition) is 2. The minimum atomic E-state index is 0. The zero-order chi connectivity index (χ0) is 15.2. The maximum absolute atomic E-state index is 5.89. The van der Waals surface area contributed by atoms with Crippen LogP contribution < -0.4 is 16.0 Å². The first kappa shape index (κ1) is 18.2. The summed E-state index contributed by atoms with van der Waals surface area (Å²) in [5.41, 5.74) is 8.91. The van der Waals surface area contributed by atoms with E-state index in [4.69, 9.17) is 5.73 Å². The highest BCUT2D eigenvalue weighted by molar-refractivity contribution is 14.0. The molecule has 2 rings (SSSR count). The zero-order valence-corrected chi connectivity index (χ0v) is 15.4. The van der Waals surface area contributed by atoms with Crippen molar-refractivity contribution in [2.75, 3.05) is 24.3 Å². The lowest BCUT2D eigenvalue weighted by Gasteiger charge is -2.11. The summed E-state index contributed by atoms with van der Waals surface area (Å²) >= 11 is 0. The molecule has 1 heterocycles. The number of hydrogen-bond acceptors (Lipinski definition) is 3. The molecular weight excluding hydrogens is 389 g/mol. The Morgan fingerprint density at radius 2 is 1.86 bits per heavy atom. The molecule has 1 aromatic heterocycles. The van der Waals surface area contributed by atoms with Gasteiger partial charge < -0.3 is 16.0 Å². The van der Waals surface area contributed by atoms with E-state index in [0.29, 0.717) is 12.5 Å². The number of benzene rings is 1. The van der Waals surface area contributed by atoms with Gasteiger partial charge in [-0.1, -0.05) is 23.8 Å². The fraction of sp³-hybridized carbons (Fsp3) is 0.250. The van der Waals surface area contributed by atoms with Crippen molar-refractivity contribution in [3.05, 3.63) is 53.7 Å². The van der Waals surface area contributed by atoms with Crippen molar-refractivity contribution in [1.82, 2.24) is 4.98 Å². The highest BCUT2D eigenvalue weighted by Crippen LogP contribution is 2.10. The van der Waals surface area contributed by atoms with Gasteiger partial charge in [0, 0.05) is 19.8 Å². The van der Waals surface area contributed by atoms with Crippen molar-refractivity contribution in [2.24, 2.45) is 10.7 Å². The lowest BCUT2D eigenvalue weighted by Crippen LogP contribution is -2.22. The van der Waals surface area contributed by atoms with E-state index in [1.807, 2.05) is 68.4 Å². The number of rotatable bonds is 4. The highest BCUT2D eigenvalue weighted by atomic mass is 127. The second-order valence-corrected chi connectivity index (χ2v) is 5.07. The third-order valence-corrected chi connectivity index (χ3v) is 2.99. The van der Waals surface area contributed by atoms with E-state index in [2.05, 4.69) is 15.3 Å². The monoisotopic (exact) mass is 411 g/mol. The fourth-order valence-corrected chi connectivity index (χ4v) is 1.79. The minimum absolute atomic E-state index is 0. The average molecular weight is 411 g/mol. The Kier molecular flexibility index (Phi) is 7.10. The number of halogens is 1. The quantitative estimate of drug-likeness (QED) is 0.461. The molecule has 2 aromatic rings. The number of guanidine groups is 1. The Morgan fingerprint density at radius 3 is 2.50 bits per heavy atom. The highest BCUT2D eigenvalue weighted by Gasteiger charge is 2.00. The van der Waals surface area contributed by atoms with Crippen molar-refractivity contribution in [3.63, 3.8) is 0 Å². The largest absolute Gasteiger partial charge is 0.370 e. The number of aryl methyl sites for hydroxylation is 1. The van der Waals surface area contributed by atoms with Crippen LogP contribution in [-0.2, 0) is 6.54 Å². The first-order valence-electron chi connectivity index (χ1n) is 6.81. The van der Waals surface area contributed by atoms with Crippen LogP contribution in [0.1, 0.15) is 11.3 Å². The third kappa shape index (κ3) is 5.51. The molecule has 5 nitrogen and oxygen atoms in total. The number of nitrogens with two attached hydrogens (primary N) is 1. The molecule has 0 aliphatic rings. The van der Waals surface area contributed by atoms with Crippen molar-refractivity contribution in [1.29, 1.82) is 0 Å². The zero-order valence-electron chi connectivity index (χ0n) is 13.1. The van der Waals surface area contributed by atoms with Crippen LogP contribution in [0.4, 0.5) is 11.5 Å². The maximum atomic E-state index is 5.89. The number of nitrogens with one attached hydrogen (secondary N) is 1. The van der Waals surface area contributed by atoms with Gasteiger partial charge in [0.25, 0.3) is 0 Å². The molecule has 0 amide bonds. The second-order valence-electron chi connectivity index (χ2n) is 5.07. The predicted octanol–water partition coefficient (Wildman–Crippen LogP) is 3.00. The van der Waals surface area contributed by atoms with Gasteiger partial charge in [-0.3, -0.25) is 0 Å². The smallest absolute Gasteiger partial charge is 0.193 e. The Morgan fingerprint density at radius 1 is 1.18 bits per heavy atom. The molecule has 0 bridgehead atoms. The molecule has 0 unspecified atom stereocenters. The fourth-order valence-electron chi connectivity index (χ4n) is 1.79. The Labute approximate surface area is 148 Å². The van der Waals surface area contributed by atoms with Gasteiger partial charge >= 0.3 is 0 Å². The molecule has 1 aromatic carbocycles. The summed E-state index contributed by atoms with van der Waals surface area (Å²) in [6.07, 6.45) is 0. The summed E-state index contributed by atoms with van der Waals surface area (Å²) in [6.45, 7) is 2.50. The van der Waals surface area contributed by atoms with Crippen LogP contribution in [0.5, 0.6) is 0 Å². The molecule has 118 valence electrons. The number of anilines is 2. The molecule has 0 atom stereocenters. The molecule has 0 aliphatic carbocycles. The van der Waals surface area contributed by atoms with Crippen molar-refractivity contribution < 1.29 is 0 Å². The van der Waals surface area contributed by atoms with E-state index < -0.39 is 0 Å². The summed E-state index contributed by atoms with van der Waals surface area (Å²) in [4.78, 5) is 10.8. The minimum Gasteiger partial charge on any atom is -0.370 e. The number of pyridine rings is 1. The van der Waals surface area contributed by atoms with Crippen molar-refractivity contribution >= 4 is 41.4 Å². The van der Waals surface area contributed by atoms with Gasteiger partial charge in [0.15, 0.2) is 5.96 Å². The summed E-state index contributed by atoms with van der Waals surface area (Å²) < 4.78 is 0.